The maximum Gasteiger partial charge on any atom is 0.329 e. The van der Waals surface area contributed by atoms with Gasteiger partial charge in [-0.15, -0.1) is 5.10 Å². The summed E-state index contributed by atoms with van der Waals surface area (Å²) in [6, 6.07) is 18.2. The molecule has 3 fully saturated rings. The molecular formula is C43H45N9O5. The molecule has 0 aliphatic carbocycles. The molecule has 3 atom stereocenters. The minimum atomic E-state index is -0.723. The van der Waals surface area contributed by atoms with Gasteiger partial charge in [0.1, 0.15) is 17.6 Å². The number of amides is 2. The van der Waals surface area contributed by atoms with E-state index in [0.717, 1.165) is 80.8 Å². The molecule has 3 aliphatic heterocycles. The third-order valence-electron chi connectivity index (χ3n) is 11.2. The Labute approximate surface area is 329 Å². The molecule has 6 heterocycles. The van der Waals surface area contributed by atoms with E-state index in [0.29, 0.717) is 41.6 Å². The first kappa shape index (κ1) is 37.4. The normalized spacial score (nSPS) is 19.1. The summed E-state index contributed by atoms with van der Waals surface area (Å²) in [4.78, 5) is 59.5. The number of carbonyl (C=O) groups excluding carboxylic acids is 3. The number of allylic oxidation sites excluding steroid dienone is 1. The molecule has 0 radical (unpaired) electrons. The van der Waals surface area contributed by atoms with E-state index >= 15 is 0 Å². The number of rotatable bonds is 13. The van der Waals surface area contributed by atoms with E-state index in [9.17, 15) is 24.3 Å². The average Bonchev–Trinajstić information content (AvgIpc) is 3.99. The zero-order valence-corrected chi connectivity index (χ0v) is 31.9. The van der Waals surface area contributed by atoms with E-state index < -0.39 is 11.9 Å². The number of unbranched alkanes of at least 4 members (excludes halogenated alkanes) is 4. The zero-order chi connectivity index (χ0) is 39.5. The molecule has 57 heavy (non-hydrogen) atoms. The molecule has 8 rings (SSSR count). The van der Waals surface area contributed by atoms with Crippen molar-refractivity contribution in [1.29, 1.82) is 0 Å². The van der Waals surface area contributed by atoms with Gasteiger partial charge >= 0.3 is 5.69 Å². The van der Waals surface area contributed by atoms with Crippen LogP contribution in [0.15, 0.2) is 83.9 Å². The van der Waals surface area contributed by atoms with Gasteiger partial charge in [0.2, 0.25) is 11.8 Å². The molecule has 2 aromatic carbocycles. The van der Waals surface area contributed by atoms with Crippen LogP contribution in [0.4, 0.5) is 5.82 Å². The SMILES string of the molecule is Cn1c(=O)n(C2CCC(=O)NC2=O)c2cccc(C#CCCCCCCc3cn(Cc4cccc(N5C[C@H]6C[C@@H]5CN6/C=C/C(=O)c5ccccc5O)n4)nn3)c21. The van der Waals surface area contributed by atoms with Gasteiger partial charge in [-0.2, -0.15) is 0 Å². The fraction of sp³-hybridized carbons (Fsp3) is 0.372. The maximum atomic E-state index is 13.2. The van der Waals surface area contributed by atoms with Crippen LogP contribution in [0.2, 0.25) is 0 Å². The fourth-order valence-corrected chi connectivity index (χ4v) is 8.31. The average molecular weight is 768 g/mol. The van der Waals surface area contributed by atoms with Crippen LogP contribution in [-0.4, -0.2) is 81.9 Å². The second kappa shape index (κ2) is 16.3. The molecule has 2 amide bonds. The summed E-state index contributed by atoms with van der Waals surface area (Å²) in [5.74, 6) is 6.49. The topological polar surface area (TPSA) is 160 Å². The molecule has 5 aromatic rings. The lowest BCUT2D eigenvalue weighted by Gasteiger charge is -2.34. The molecule has 0 saturated carbocycles. The summed E-state index contributed by atoms with van der Waals surface area (Å²) in [5, 5.41) is 21.1. The number of carbonyl (C=O) groups is 3. The molecule has 1 unspecified atom stereocenters. The van der Waals surface area contributed by atoms with Crippen LogP contribution in [0, 0.1) is 11.8 Å². The number of hydrogen-bond donors (Lipinski definition) is 2. The monoisotopic (exact) mass is 767 g/mol. The second-order valence-corrected chi connectivity index (χ2v) is 15.1. The Bertz CT molecular complexity index is 2490. The third kappa shape index (κ3) is 7.96. The van der Waals surface area contributed by atoms with Crippen LogP contribution in [-0.2, 0) is 29.6 Å². The smallest absolute Gasteiger partial charge is 0.329 e. The number of hydrogen-bond acceptors (Lipinski definition) is 10. The first-order valence-corrected chi connectivity index (χ1v) is 19.6. The highest BCUT2D eigenvalue weighted by Crippen LogP contribution is 2.34. The van der Waals surface area contributed by atoms with Gasteiger partial charge in [-0.05, 0) is 68.5 Å². The number of aromatic nitrogens is 6. The van der Waals surface area contributed by atoms with Crippen molar-refractivity contribution in [3.63, 3.8) is 0 Å². The van der Waals surface area contributed by atoms with Crippen LogP contribution >= 0.6 is 0 Å². The van der Waals surface area contributed by atoms with E-state index in [1.807, 2.05) is 47.4 Å². The predicted octanol–water partition coefficient (Wildman–Crippen LogP) is 4.26. The minimum absolute atomic E-state index is 0.00647. The van der Waals surface area contributed by atoms with Gasteiger partial charge in [0.15, 0.2) is 5.78 Å². The van der Waals surface area contributed by atoms with Crippen LogP contribution in [0.5, 0.6) is 5.75 Å². The van der Waals surface area contributed by atoms with Crippen molar-refractivity contribution in [3.05, 3.63) is 112 Å². The molecule has 0 spiro atoms. The highest BCUT2D eigenvalue weighted by atomic mass is 16.3. The van der Waals surface area contributed by atoms with Gasteiger partial charge < -0.3 is 14.9 Å². The minimum Gasteiger partial charge on any atom is -0.507 e. The van der Waals surface area contributed by atoms with Crippen LogP contribution in [0.25, 0.3) is 11.0 Å². The quantitative estimate of drug-likeness (QED) is 0.0583. The molecule has 292 valence electrons. The number of phenols is 1. The summed E-state index contributed by atoms with van der Waals surface area (Å²) in [5.41, 5.74) is 3.95. The van der Waals surface area contributed by atoms with Crippen molar-refractivity contribution in [1.82, 2.24) is 39.3 Å². The second-order valence-electron chi connectivity index (χ2n) is 15.1. The summed E-state index contributed by atoms with van der Waals surface area (Å²) in [6.45, 7) is 2.18. The number of benzene rings is 2. The molecule has 3 aliphatic rings. The standard InChI is InChI=1S/C43H45N9O5/c1-48-41-29(13-10-17-35(41)52(43(48)57)36-20-21-40(55)45-42(36)56)12-6-4-2-3-5-7-14-31-26-50(47-46-31)25-30-15-11-19-39(44-30)51-28-32-24-33(51)27-49(32)23-22-38(54)34-16-8-9-18-37(34)53/h8-11,13,15-19,22-23,26,32-33,36,53H,2-5,7,14,20-21,24-25,27-28H2,1H3,(H,45,55,56)/b23-22+/t32-,33-,36?/m1/s1. The van der Waals surface area contributed by atoms with Gasteiger partial charge in [-0.3, -0.25) is 28.8 Å². The van der Waals surface area contributed by atoms with Gasteiger partial charge in [0, 0.05) is 63.5 Å². The molecule has 3 aromatic heterocycles. The van der Waals surface area contributed by atoms with E-state index in [1.54, 1.807) is 31.3 Å². The predicted molar refractivity (Wildman–Crippen MR) is 213 cm³/mol. The lowest BCUT2D eigenvalue weighted by Crippen LogP contribution is -2.44. The van der Waals surface area contributed by atoms with Gasteiger partial charge in [0.25, 0.3) is 0 Å². The number of piperazine rings is 1. The number of pyridine rings is 1. The van der Waals surface area contributed by atoms with Crippen molar-refractivity contribution in [3.8, 4) is 17.6 Å². The lowest BCUT2D eigenvalue weighted by atomic mass is 10.1. The van der Waals surface area contributed by atoms with Crippen molar-refractivity contribution in [2.45, 2.75) is 82.5 Å². The Morgan fingerprint density at radius 3 is 2.63 bits per heavy atom. The van der Waals surface area contributed by atoms with Crippen molar-refractivity contribution < 1.29 is 19.5 Å². The number of imide groups is 1. The number of aromatic hydroxyl groups is 1. The lowest BCUT2D eigenvalue weighted by molar-refractivity contribution is -0.135. The van der Waals surface area contributed by atoms with Crippen molar-refractivity contribution >= 4 is 34.4 Å². The van der Waals surface area contributed by atoms with Gasteiger partial charge in [0.05, 0.1) is 40.1 Å². The summed E-state index contributed by atoms with van der Waals surface area (Å²) >= 11 is 0. The Hall–Kier alpha value is -6.49. The van der Waals surface area contributed by atoms with Gasteiger partial charge in [-0.1, -0.05) is 54.2 Å². The van der Waals surface area contributed by atoms with Crippen LogP contribution < -0.4 is 15.9 Å². The molecular weight excluding hydrogens is 723 g/mol. The molecule has 3 saturated heterocycles. The largest absolute Gasteiger partial charge is 0.507 e. The highest BCUT2D eigenvalue weighted by Gasteiger charge is 2.42. The summed E-state index contributed by atoms with van der Waals surface area (Å²) in [7, 11) is 1.69. The fourth-order valence-electron chi connectivity index (χ4n) is 8.31. The Morgan fingerprint density at radius 1 is 0.965 bits per heavy atom. The molecule has 2 bridgehead atoms. The Kier molecular flexibility index (Phi) is 10.7. The number of nitrogens with one attached hydrogen (secondary N) is 1. The molecule has 2 N–H and O–H groups in total. The van der Waals surface area contributed by atoms with E-state index in [1.165, 1.54) is 15.2 Å². The number of aryl methyl sites for hydroxylation is 2. The number of para-hydroxylation sites is 2. The van der Waals surface area contributed by atoms with E-state index in [2.05, 4.69) is 43.3 Å². The number of ketones is 1. The van der Waals surface area contributed by atoms with E-state index in [-0.39, 0.29) is 29.6 Å². The zero-order valence-electron chi connectivity index (χ0n) is 31.9. The Morgan fingerprint density at radius 2 is 1.81 bits per heavy atom. The highest BCUT2D eigenvalue weighted by molar-refractivity contribution is 6.06. The van der Waals surface area contributed by atoms with Gasteiger partial charge in [-0.25, -0.2) is 14.5 Å². The van der Waals surface area contributed by atoms with Crippen LogP contribution in [0.1, 0.15) is 84.7 Å². The molecule has 14 heteroatoms. The summed E-state index contributed by atoms with van der Waals surface area (Å²) in [6.07, 6.45) is 12.5. The first-order chi connectivity index (χ1) is 27.7. The summed E-state index contributed by atoms with van der Waals surface area (Å²) < 4.78 is 4.86. The molecule has 14 nitrogen and oxygen atoms in total. The number of imidazole rings is 1. The van der Waals surface area contributed by atoms with Crippen LogP contribution in [0.3, 0.4) is 0 Å². The van der Waals surface area contributed by atoms with Crippen molar-refractivity contribution in [2.24, 2.45) is 7.05 Å². The number of piperidine rings is 1. The number of likely N-dealkylation sites (tertiary alicyclic amines) is 1. The first-order valence-electron chi connectivity index (χ1n) is 19.6. The number of fused-ring (bicyclic) bond motifs is 3. The number of nitrogens with zero attached hydrogens (tertiary/aromatic N) is 8. The van der Waals surface area contributed by atoms with E-state index in [4.69, 9.17) is 4.98 Å². The van der Waals surface area contributed by atoms with Crippen molar-refractivity contribution in [2.75, 3.05) is 18.0 Å². The Balaban J connectivity index is 0.776. The third-order valence-corrected chi connectivity index (χ3v) is 11.2. The number of phenolic OH excluding ortho intramolecular Hbond substituents is 1. The number of anilines is 1. The maximum absolute atomic E-state index is 13.2.